The van der Waals surface area contributed by atoms with Crippen LogP contribution in [0.5, 0.6) is 0 Å². The Morgan fingerprint density at radius 2 is 0.533 bits per heavy atom. The summed E-state index contributed by atoms with van der Waals surface area (Å²) in [6, 6.07) is 37.4. The number of anilines is 4. The number of benzene rings is 8. The van der Waals surface area contributed by atoms with Crippen molar-refractivity contribution in [3.8, 4) is 0 Å². The van der Waals surface area contributed by atoms with Gasteiger partial charge in [0.2, 0.25) is 0 Å². The molecule has 75 heavy (non-hydrogen) atoms. The van der Waals surface area contributed by atoms with E-state index in [1.165, 1.54) is 48.5 Å². The summed E-state index contributed by atoms with van der Waals surface area (Å²) in [6.45, 7) is 15.0. The Bertz CT molecular complexity index is 3840. The van der Waals surface area contributed by atoms with Gasteiger partial charge in [0.1, 0.15) is 0 Å². The Morgan fingerprint density at radius 3 is 0.760 bits per heavy atom. The van der Waals surface area contributed by atoms with Gasteiger partial charge in [0.05, 0.1) is 22.7 Å². The number of hydrogen-bond acceptors (Lipinski definition) is 8. The van der Waals surface area contributed by atoms with Gasteiger partial charge in [-0.2, -0.15) is 0 Å². The average molecular weight is 988 g/mol. The van der Waals surface area contributed by atoms with Gasteiger partial charge in [-0.25, -0.2) is 19.6 Å². The van der Waals surface area contributed by atoms with Gasteiger partial charge in [-0.05, 0) is 138 Å². The number of hydrogen-bond donors (Lipinski definition) is 0. The monoisotopic (exact) mass is 987 g/mol. The standard InChI is InChI=1S/C62H45N5O8/c1-8-63-47-27-17-35(66-57(72)41-23-19-37-49-38(20-24-42(51(41)49)58(66)73)54(69)64(53(37)68)33-13-9-31(10-14-33)61(2,3)4)29-45(47)46-30-36(18-28-48(46)63)67-59(74)43-25-21-39-50-40(22-26-44(52(43)50)60(67)75)56(71)65(55(39)70)34-15-11-32(12-16-34)62(5,6)7/h9-30H,8H2,1-7H3. The van der Waals surface area contributed by atoms with Crippen molar-refractivity contribution >= 4 is 113 Å². The van der Waals surface area contributed by atoms with Crippen LogP contribution in [0.1, 0.15) is 142 Å². The highest BCUT2D eigenvalue weighted by molar-refractivity contribution is 6.44. The van der Waals surface area contributed by atoms with E-state index in [0.29, 0.717) is 28.7 Å². The molecule has 0 spiro atoms. The van der Waals surface area contributed by atoms with E-state index < -0.39 is 47.3 Å². The highest BCUT2D eigenvalue weighted by atomic mass is 16.2. The van der Waals surface area contributed by atoms with Gasteiger partial charge in [-0.15, -0.1) is 0 Å². The molecular weight excluding hydrogens is 943 g/mol. The third-order valence-electron chi connectivity index (χ3n) is 15.4. The minimum absolute atomic E-state index is 0.144. The predicted molar refractivity (Wildman–Crippen MR) is 288 cm³/mol. The smallest absolute Gasteiger partial charge is 0.265 e. The summed E-state index contributed by atoms with van der Waals surface area (Å²) in [5.41, 5.74) is 6.11. The molecule has 366 valence electrons. The molecule has 0 unspecified atom stereocenters. The summed E-state index contributed by atoms with van der Waals surface area (Å²) in [5, 5.41) is 2.28. The second kappa shape index (κ2) is 15.3. The number of nitrogens with zero attached hydrogens (tertiary/aromatic N) is 5. The van der Waals surface area contributed by atoms with Crippen LogP contribution in [0.2, 0.25) is 0 Å². The lowest BCUT2D eigenvalue weighted by Gasteiger charge is -2.32. The Balaban J connectivity index is 0.854. The second-order valence-electron chi connectivity index (χ2n) is 21.7. The van der Waals surface area contributed by atoms with Crippen molar-refractivity contribution in [3.05, 3.63) is 189 Å². The van der Waals surface area contributed by atoms with Gasteiger partial charge in [0, 0.05) is 94.4 Å². The van der Waals surface area contributed by atoms with E-state index in [2.05, 4.69) is 46.1 Å². The quantitative estimate of drug-likeness (QED) is 0.154. The highest BCUT2D eigenvalue weighted by Crippen LogP contribution is 2.44. The Labute approximate surface area is 429 Å². The number of carbonyl (C=O) groups excluding carboxylic acids is 8. The second-order valence-corrected chi connectivity index (χ2v) is 21.7. The minimum Gasteiger partial charge on any atom is -0.341 e. The van der Waals surface area contributed by atoms with E-state index in [0.717, 1.165) is 41.8 Å². The Morgan fingerprint density at radius 1 is 0.307 bits per heavy atom. The van der Waals surface area contributed by atoms with Crippen LogP contribution in [0.4, 0.5) is 22.7 Å². The molecule has 0 radical (unpaired) electrons. The molecule has 4 aliphatic rings. The zero-order valence-electron chi connectivity index (χ0n) is 41.9. The SMILES string of the molecule is CCn1c2ccc(N3C(=O)c4ccc5c6c(ccc(c46)C3=O)C(=O)N(c3ccc(C(C)(C)C)cc3)C5=O)cc2c2cc(N3C(=O)c4ccc5c6c(ccc(c46)C3=O)C(=O)N(c3ccc(C(C)(C)C)cc3)C5=O)ccc21. The van der Waals surface area contributed by atoms with Gasteiger partial charge in [0.25, 0.3) is 47.3 Å². The topological polar surface area (TPSA) is 154 Å². The molecule has 0 bridgehead atoms. The van der Waals surface area contributed by atoms with Crippen molar-refractivity contribution in [2.75, 3.05) is 19.6 Å². The van der Waals surface area contributed by atoms with Gasteiger partial charge < -0.3 is 4.57 Å². The lowest BCUT2D eigenvalue weighted by molar-refractivity contribution is 0.0873. The fourth-order valence-corrected chi connectivity index (χ4v) is 11.6. The van der Waals surface area contributed by atoms with Crippen LogP contribution in [0, 0.1) is 0 Å². The van der Waals surface area contributed by atoms with Crippen LogP contribution in [0.25, 0.3) is 43.4 Å². The molecule has 4 aliphatic heterocycles. The average Bonchev–Trinajstić information content (AvgIpc) is 3.70. The van der Waals surface area contributed by atoms with E-state index in [1.54, 1.807) is 48.5 Å². The fraction of sp³-hybridized carbons (Fsp3) is 0.161. The molecule has 0 fully saturated rings. The van der Waals surface area contributed by atoms with E-state index >= 15 is 0 Å². The van der Waals surface area contributed by atoms with Crippen LogP contribution < -0.4 is 19.6 Å². The van der Waals surface area contributed by atoms with E-state index in [-0.39, 0.29) is 88.3 Å². The molecule has 0 atom stereocenters. The maximum absolute atomic E-state index is 14.7. The van der Waals surface area contributed by atoms with Gasteiger partial charge in [-0.3, -0.25) is 38.4 Å². The first-order valence-electron chi connectivity index (χ1n) is 24.8. The van der Waals surface area contributed by atoms with Crippen LogP contribution in [0.15, 0.2) is 133 Å². The fourth-order valence-electron chi connectivity index (χ4n) is 11.6. The van der Waals surface area contributed by atoms with Gasteiger partial charge in [-0.1, -0.05) is 65.8 Å². The molecule has 13 rings (SSSR count). The highest BCUT2D eigenvalue weighted by Gasteiger charge is 2.43. The number of fused-ring (bicyclic) bond motifs is 3. The van der Waals surface area contributed by atoms with Crippen molar-refractivity contribution in [2.24, 2.45) is 0 Å². The number of imide groups is 4. The van der Waals surface area contributed by atoms with Crippen molar-refractivity contribution in [2.45, 2.75) is 65.8 Å². The first kappa shape index (κ1) is 45.5. The van der Waals surface area contributed by atoms with Crippen LogP contribution in [-0.2, 0) is 17.4 Å². The summed E-state index contributed by atoms with van der Waals surface area (Å²) in [7, 11) is 0. The van der Waals surface area contributed by atoms with Crippen LogP contribution in [-0.4, -0.2) is 51.8 Å². The number of aromatic nitrogens is 1. The van der Waals surface area contributed by atoms with Crippen LogP contribution in [0.3, 0.4) is 0 Å². The van der Waals surface area contributed by atoms with Gasteiger partial charge in [0.15, 0.2) is 0 Å². The molecule has 8 amide bonds. The summed E-state index contributed by atoms with van der Waals surface area (Å²) in [5.74, 6) is -4.78. The summed E-state index contributed by atoms with van der Waals surface area (Å²) in [4.78, 5) is 120. The molecule has 9 aromatic rings. The third kappa shape index (κ3) is 6.18. The molecule has 1 aromatic heterocycles. The Hall–Kier alpha value is -9.36. The molecule has 0 saturated carbocycles. The molecule has 0 N–H and O–H groups in total. The number of rotatable bonds is 5. The number of aryl methyl sites for hydroxylation is 1. The van der Waals surface area contributed by atoms with E-state index in [4.69, 9.17) is 0 Å². The van der Waals surface area contributed by atoms with E-state index in [9.17, 15) is 38.4 Å². The van der Waals surface area contributed by atoms with Crippen LogP contribution >= 0.6 is 0 Å². The molecule has 8 aromatic carbocycles. The summed E-state index contributed by atoms with van der Waals surface area (Å²) < 4.78 is 2.06. The van der Waals surface area contributed by atoms with Crippen molar-refractivity contribution < 1.29 is 38.4 Å². The van der Waals surface area contributed by atoms with Crippen molar-refractivity contribution in [1.29, 1.82) is 0 Å². The molecule has 0 aliphatic carbocycles. The van der Waals surface area contributed by atoms with Crippen molar-refractivity contribution in [3.63, 3.8) is 0 Å². The van der Waals surface area contributed by atoms with Gasteiger partial charge >= 0.3 is 0 Å². The molecule has 13 heteroatoms. The molecule has 13 nitrogen and oxygen atoms in total. The summed E-state index contributed by atoms with van der Waals surface area (Å²) in [6.07, 6.45) is 0. The maximum atomic E-state index is 14.7. The minimum atomic E-state index is -0.634. The first-order valence-corrected chi connectivity index (χ1v) is 24.8. The Kier molecular flexibility index (Phi) is 9.31. The lowest BCUT2D eigenvalue weighted by Crippen LogP contribution is -2.43. The number of carbonyl (C=O) groups is 8. The zero-order chi connectivity index (χ0) is 52.5. The largest absolute Gasteiger partial charge is 0.341 e. The predicted octanol–water partition coefficient (Wildman–Crippen LogP) is 11.9. The zero-order valence-corrected chi connectivity index (χ0v) is 41.9. The third-order valence-corrected chi connectivity index (χ3v) is 15.4. The summed E-state index contributed by atoms with van der Waals surface area (Å²) >= 11 is 0. The molecular formula is C62H45N5O8. The lowest BCUT2D eigenvalue weighted by atomic mass is 9.85. The molecule has 5 heterocycles. The number of amides is 8. The van der Waals surface area contributed by atoms with Crippen molar-refractivity contribution in [1.82, 2.24) is 4.57 Å². The maximum Gasteiger partial charge on any atom is 0.265 e. The first-order chi connectivity index (χ1) is 35.8. The molecule has 0 saturated heterocycles. The van der Waals surface area contributed by atoms with E-state index in [1.807, 2.05) is 43.3 Å². The normalized spacial score (nSPS) is 15.6.